The fourth-order valence-electron chi connectivity index (χ4n) is 2.75. The molecule has 1 amide bonds. The van der Waals surface area contributed by atoms with E-state index in [0.29, 0.717) is 28.3 Å². The maximum absolute atomic E-state index is 13.0. The van der Waals surface area contributed by atoms with Gasteiger partial charge in [0.15, 0.2) is 5.16 Å². The molecule has 0 fully saturated rings. The van der Waals surface area contributed by atoms with Gasteiger partial charge in [-0.05, 0) is 49.2 Å². The summed E-state index contributed by atoms with van der Waals surface area (Å²) < 4.78 is 14.7. The molecule has 7 heteroatoms. The Bertz CT molecular complexity index is 1050. The summed E-state index contributed by atoms with van der Waals surface area (Å²) in [6.45, 7) is 6.33. The monoisotopic (exact) mass is 399 g/mol. The van der Waals surface area contributed by atoms with Gasteiger partial charge in [0, 0.05) is 12.2 Å². The molecule has 0 radical (unpaired) electrons. The Morgan fingerprint density at radius 2 is 1.82 bits per heavy atom. The molecule has 3 rings (SSSR count). The van der Waals surface area contributed by atoms with Gasteiger partial charge < -0.3 is 5.32 Å². The SMILES string of the molecule is CC(C)Cn1c(S[C@H](C)C(=O)Nc2ccc(F)cc2)nc2ccccc2c1=O. The second-order valence-corrected chi connectivity index (χ2v) is 8.29. The molecule has 2 aromatic carbocycles. The van der Waals surface area contributed by atoms with Gasteiger partial charge in [-0.1, -0.05) is 37.7 Å². The molecule has 0 spiro atoms. The molecule has 1 heterocycles. The molecule has 1 atom stereocenters. The third-order valence-corrected chi connectivity index (χ3v) is 5.23. The number of aromatic nitrogens is 2. The van der Waals surface area contributed by atoms with Crippen LogP contribution in [-0.4, -0.2) is 20.7 Å². The Labute approximate surface area is 167 Å². The van der Waals surface area contributed by atoms with E-state index in [1.165, 1.54) is 36.0 Å². The molecule has 5 nitrogen and oxygen atoms in total. The lowest BCUT2D eigenvalue weighted by atomic mass is 10.2. The number of rotatable bonds is 6. The van der Waals surface area contributed by atoms with Crippen molar-refractivity contribution >= 4 is 34.3 Å². The molecular weight excluding hydrogens is 377 g/mol. The highest BCUT2D eigenvalue weighted by atomic mass is 32.2. The lowest BCUT2D eigenvalue weighted by Crippen LogP contribution is -2.28. The molecule has 0 aliphatic heterocycles. The molecule has 146 valence electrons. The quantitative estimate of drug-likeness (QED) is 0.496. The maximum Gasteiger partial charge on any atom is 0.262 e. The summed E-state index contributed by atoms with van der Waals surface area (Å²) in [6, 6.07) is 12.8. The van der Waals surface area contributed by atoms with E-state index in [1.807, 2.05) is 26.0 Å². The molecule has 0 unspecified atom stereocenters. The molecule has 1 aromatic heterocycles. The van der Waals surface area contributed by atoms with Crippen LogP contribution in [0.4, 0.5) is 10.1 Å². The van der Waals surface area contributed by atoms with Crippen molar-refractivity contribution < 1.29 is 9.18 Å². The van der Waals surface area contributed by atoms with Crippen molar-refractivity contribution in [2.75, 3.05) is 5.32 Å². The van der Waals surface area contributed by atoms with Crippen molar-refractivity contribution in [2.24, 2.45) is 5.92 Å². The first kappa shape index (κ1) is 20.1. The van der Waals surface area contributed by atoms with Crippen LogP contribution >= 0.6 is 11.8 Å². The summed E-state index contributed by atoms with van der Waals surface area (Å²) >= 11 is 1.24. The summed E-state index contributed by atoms with van der Waals surface area (Å²) in [6.07, 6.45) is 0. The van der Waals surface area contributed by atoms with Gasteiger partial charge in [-0.2, -0.15) is 0 Å². The van der Waals surface area contributed by atoms with E-state index in [0.717, 1.165) is 0 Å². The second kappa shape index (κ2) is 8.56. The summed E-state index contributed by atoms with van der Waals surface area (Å²) in [5, 5.41) is 3.35. The van der Waals surface area contributed by atoms with Crippen LogP contribution in [0, 0.1) is 11.7 Å². The Balaban J connectivity index is 1.88. The highest BCUT2D eigenvalue weighted by Crippen LogP contribution is 2.24. The Morgan fingerprint density at radius 3 is 2.50 bits per heavy atom. The van der Waals surface area contributed by atoms with Crippen LogP contribution in [0.15, 0.2) is 58.5 Å². The van der Waals surface area contributed by atoms with Crippen molar-refractivity contribution in [3.63, 3.8) is 0 Å². The second-order valence-electron chi connectivity index (χ2n) is 6.98. The van der Waals surface area contributed by atoms with Gasteiger partial charge in [-0.15, -0.1) is 0 Å². The van der Waals surface area contributed by atoms with Crippen LogP contribution in [-0.2, 0) is 11.3 Å². The van der Waals surface area contributed by atoms with Gasteiger partial charge in [-0.25, -0.2) is 9.37 Å². The van der Waals surface area contributed by atoms with Gasteiger partial charge >= 0.3 is 0 Å². The number of thioether (sulfide) groups is 1. The predicted molar refractivity (Wildman–Crippen MR) is 111 cm³/mol. The number of carbonyl (C=O) groups is 1. The molecule has 0 saturated carbocycles. The standard InChI is InChI=1S/C21H22FN3O2S/c1-13(2)12-25-20(27)17-6-4-5-7-18(17)24-21(25)28-14(3)19(26)23-16-10-8-15(22)9-11-16/h4-11,13-14H,12H2,1-3H3,(H,23,26)/t14-/m1/s1. The molecule has 3 aromatic rings. The van der Waals surface area contributed by atoms with E-state index < -0.39 is 5.25 Å². The van der Waals surface area contributed by atoms with Crippen LogP contribution in [0.1, 0.15) is 20.8 Å². The zero-order valence-electron chi connectivity index (χ0n) is 16.0. The molecule has 0 bridgehead atoms. The number of fused-ring (bicyclic) bond motifs is 1. The van der Waals surface area contributed by atoms with E-state index in [1.54, 1.807) is 23.6 Å². The molecule has 0 aliphatic rings. The van der Waals surface area contributed by atoms with E-state index in [2.05, 4.69) is 10.3 Å². The van der Waals surface area contributed by atoms with E-state index >= 15 is 0 Å². The van der Waals surface area contributed by atoms with Gasteiger partial charge in [0.05, 0.1) is 16.2 Å². The first-order valence-electron chi connectivity index (χ1n) is 9.08. The first-order valence-corrected chi connectivity index (χ1v) is 9.96. The minimum atomic E-state index is -0.489. The van der Waals surface area contributed by atoms with Crippen molar-refractivity contribution in [1.29, 1.82) is 0 Å². The van der Waals surface area contributed by atoms with Gasteiger partial charge in [-0.3, -0.25) is 14.2 Å². The Kier molecular flexibility index (Phi) is 6.14. The molecular formula is C21H22FN3O2S. The number of anilines is 1. The van der Waals surface area contributed by atoms with Crippen LogP contribution in [0.5, 0.6) is 0 Å². The number of hydrogen-bond acceptors (Lipinski definition) is 4. The van der Waals surface area contributed by atoms with Crippen LogP contribution in [0.2, 0.25) is 0 Å². The van der Waals surface area contributed by atoms with E-state index in [4.69, 9.17) is 0 Å². The van der Waals surface area contributed by atoms with E-state index in [9.17, 15) is 14.0 Å². The van der Waals surface area contributed by atoms with E-state index in [-0.39, 0.29) is 23.2 Å². The number of hydrogen-bond donors (Lipinski definition) is 1. The van der Waals surface area contributed by atoms with Crippen LogP contribution < -0.4 is 10.9 Å². The van der Waals surface area contributed by atoms with Gasteiger partial charge in [0.1, 0.15) is 5.82 Å². The fourth-order valence-corrected chi connectivity index (χ4v) is 3.67. The van der Waals surface area contributed by atoms with Crippen molar-refractivity contribution in [3.05, 3.63) is 64.7 Å². The molecule has 0 saturated heterocycles. The third kappa shape index (κ3) is 4.59. The Hall–Kier alpha value is -2.67. The summed E-state index contributed by atoms with van der Waals surface area (Å²) in [4.78, 5) is 30.1. The average molecular weight is 399 g/mol. The fraction of sp³-hybridized carbons (Fsp3) is 0.286. The number of para-hydroxylation sites is 1. The summed E-state index contributed by atoms with van der Waals surface area (Å²) in [7, 11) is 0. The highest BCUT2D eigenvalue weighted by Gasteiger charge is 2.20. The minimum Gasteiger partial charge on any atom is -0.325 e. The zero-order valence-corrected chi connectivity index (χ0v) is 16.8. The third-order valence-electron chi connectivity index (χ3n) is 4.14. The predicted octanol–water partition coefficient (Wildman–Crippen LogP) is 4.31. The number of carbonyl (C=O) groups excluding carboxylic acids is 1. The maximum atomic E-state index is 13.0. The molecule has 1 N–H and O–H groups in total. The van der Waals surface area contributed by atoms with Crippen molar-refractivity contribution in [3.8, 4) is 0 Å². The number of benzene rings is 2. The summed E-state index contributed by atoms with van der Waals surface area (Å²) in [5.41, 5.74) is 1.03. The van der Waals surface area contributed by atoms with Crippen LogP contribution in [0.3, 0.4) is 0 Å². The summed E-state index contributed by atoms with van der Waals surface area (Å²) in [5.74, 6) is -0.350. The van der Waals surface area contributed by atoms with Crippen LogP contribution in [0.25, 0.3) is 10.9 Å². The Morgan fingerprint density at radius 1 is 1.14 bits per heavy atom. The van der Waals surface area contributed by atoms with Gasteiger partial charge in [0.25, 0.3) is 5.56 Å². The highest BCUT2D eigenvalue weighted by molar-refractivity contribution is 8.00. The topological polar surface area (TPSA) is 64.0 Å². The molecule has 0 aliphatic carbocycles. The number of nitrogens with one attached hydrogen (secondary N) is 1. The normalized spacial score (nSPS) is 12.3. The lowest BCUT2D eigenvalue weighted by molar-refractivity contribution is -0.115. The lowest BCUT2D eigenvalue weighted by Gasteiger charge is -2.17. The largest absolute Gasteiger partial charge is 0.325 e. The zero-order chi connectivity index (χ0) is 20.3. The smallest absolute Gasteiger partial charge is 0.262 e. The minimum absolute atomic E-state index is 0.104. The first-order chi connectivity index (χ1) is 13.3. The number of halogens is 1. The molecule has 28 heavy (non-hydrogen) atoms. The van der Waals surface area contributed by atoms with Crippen molar-refractivity contribution in [1.82, 2.24) is 9.55 Å². The van der Waals surface area contributed by atoms with Crippen molar-refractivity contribution in [2.45, 2.75) is 37.7 Å². The number of nitrogens with zero attached hydrogens (tertiary/aromatic N) is 2. The van der Waals surface area contributed by atoms with Gasteiger partial charge in [0.2, 0.25) is 5.91 Å². The average Bonchev–Trinajstić information content (AvgIpc) is 2.66. The number of amides is 1.